The molecule has 0 heterocycles. The third-order valence-corrected chi connectivity index (χ3v) is 2.27. The van der Waals surface area contributed by atoms with Crippen LogP contribution in [0.25, 0.3) is 0 Å². The summed E-state index contributed by atoms with van der Waals surface area (Å²) in [6.45, 7) is 5.83. The Hall–Kier alpha value is -0.240. The zero-order chi connectivity index (χ0) is 8.04. The van der Waals surface area contributed by atoms with Crippen molar-refractivity contribution in [1.82, 2.24) is 0 Å². The maximum atomic E-state index is 10.4. The summed E-state index contributed by atoms with van der Waals surface area (Å²) in [7, 11) is 0. The Morgan fingerprint density at radius 2 is 2.10 bits per heavy atom. The molecule has 0 N–H and O–H groups in total. The number of carbonyl (C=O) groups is 1. The summed E-state index contributed by atoms with van der Waals surface area (Å²) in [5.41, 5.74) is 0. The maximum absolute atomic E-state index is 10.4. The topological polar surface area (TPSA) is 17.1 Å². The van der Waals surface area contributed by atoms with E-state index < -0.39 is 0 Å². The molecule has 1 nitrogen and oxygen atoms in total. The molecule has 0 aromatic rings. The molecule has 0 saturated carbocycles. The molecule has 2 heteroatoms. The van der Waals surface area contributed by atoms with Crippen LogP contribution in [0, 0.1) is 0 Å². The molecule has 10 heavy (non-hydrogen) atoms. The van der Waals surface area contributed by atoms with Gasteiger partial charge < -0.3 is 4.79 Å². The summed E-state index contributed by atoms with van der Waals surface area (Å²) >= 11 is 1.65. The molecule has 0 bridgehead atoms. The van der Waals surface area contributed by atoms with Gasteiger partial charge in [-0.2, -0.15) is 0 Å². The van der Waals surface area contributed by atoms with E-state index >= 15 is 0 Å². The summed E-state index contributed by atoms with van der Waals surface area (Å²) in [5.74, 6) is 0.919. The smallest absolute Gasteiger partial charge is 0.135 e. The average molecular weight is 158 g/mol. The van der Waals surface area contributed by atoms with Gasteiger partial charge >= 0.3 is 0 Å². The normalized spacial score (nSPS) is 12.3. The van der Waals surface area contributed by atoms with Gasteiger partial charge in [-0.15, -0.1) is 11.8 Å². The minimum absolute atomic E-state index is 0.223. The SMILES string of the molecule is CC=CCSC(C)(C)C=O. The lowest BCUT2D eigenvalue weighted by Gasteiger charge is -2.13. The van der Waals surface area contributed by atoms with Crippen molar-refractivity contribution in [3.63, 3.8) is 0 Å². The lowest BCUT2D eigenvalue weighted by Crippen LogP contribution is -2.16. The van der Waals surface area contributed by atoms with Gasteiger partial charge in [0, 0.05) is 5.75 Å². The third kappa shape index (κ3) is 4.62. The molecule has 0 amide bonds. The highest BCUT2D eigenvalue weighted by Gasteiger charge is 2.14. The van der Waals surface area contributed by atoms with E-state index in [2.05, 4.69) is 6.08 Å². The Morgan fingerprint density at radius 3 is 2.50 bits per heavy atom. The Balaban J connectivity index is 3.56. The number of rotatable bonds is 4. The molecule has 0 aliphatic rings. The summed E-state index contributed by atoms with van der Waals surface area (Å²) in [6.07, 6.45) is 5.03. The first-order valence-electron chi connectivity index (χ1n) is 3.34. The van der Waals surface area contributed by atoms with Gasteiger partial charge in [-0.1, -0.05) is 12.2 Å². The zero-order valence-corrected chi connectivity index (χ0v) is 7.57. The highest BCUT2D eigenvalue weighted by molar-refractivity contribution is 8.01. The molecule has 0 radical (unpaired) electrons. The van der Waals surface area contributed by atoms with Crippen molar-refractivity contribution in [1.29, 1.82) is 0 Å². The number of hydrogen-bond donors (Lipinski definition) is 0. The number of carbonyl (C=O) groups excluding carboxylic acids is 1. The van der Waals surface area contributed by atoms with Crippen LogP contribution >= 0.6 is 11.8 Å². The minimum atomic E-state index is -0.223. The van der Waals surface area contributed by atoms with Crippen LogP contribution in [0.5, 0.6) is 0 Å². The van der Waals surface area contributed by atoms with Gasteiger partial charge in [0.05, 0.1) is 4.75 Å². The van der Waals surface area contributed by atoms with E-state index in [-0.39, 0.29) is 4.75 Å². The second kappa shape index (κ2) is 4.56. The molecule has 0 spiro atoms. The first-order chi connectivity index (χ1) is 4.62. The van der Waals surface area contributed by atoms with Crippen LogP contribution in [0.15, 0.2) is 12.2 Å². The summed E-state index contributed by atoms with van der Waals surface area (Å²) in [6, 6.07) is 0. The van der Waals surface area contributed by atoms with E-state index in [4.69, 9.17) is 0 Å². The standard InChI is InChI=1S/C8H14OS/c1-4-5-6-10-8(2,3)7-9/h4-5,7H,6H2,1-3H3. The van der Waals surface area contributed by atoms with E-state index in [9.17, 15) is 4.79 Å². The van der Waals surface area contributed by atoms with Crippen molar-refractivity contribution in [2.45, 2.75) is 25.5 Å². The van der Waals surface area contributed by atoms with Gasteiger partial charge in [-0.25, -0.2) is 0 Å². The van der Waals surface area contributed by atoms with Gasteiger partial charge in [0.15, 0.2) is 0 Å². The molecule has 0 saturated heterocycles. The van der Waals surface area contributed by atoms with Crippen molar-refractivity contribution in [2.24, 2.45) is 0 Å². The van der Waals surface area contributed by atoms with Crippen LogP contribution in [0.4, 0.5) is 0 Å². The van der Waals surface area contributed by atoms with Crippen LogP contribution in [-0.4, -0.2) is 16.8 Å². The van der Waals surface area contributed by atoms with Gasteiger partial charge in [0.2, 0.25) is 0 Å². The number of allylic oxidation sites excluding steroid dienone is 1. The molecule has 0 rings (SSSR count). The molecule has 0 aliphatic heterocycles. The highest BCUT2D eigenvalue weighted by Crippen LogP contribution is 2.21. The molecule has 0 aromatic heterocycles. The largest absolute Gasteiger partial charge is 0.302 e. The Bertz CT molecular complexity index is 127. The van der Waals surface area contributed by atoms with E-state index in [0.29, 0.717) is 0 Å². The molecule has 0 aliphatic carbocycles. The van der Waals surface area contributed by atoms with E-state index in [0.717, 1.165) is 12.0 Å². The lowest BCUT2D eigenvalue weighted by molar-refractivity contribution is -0.109. The Morgan fingerprint density at radius 1 is 1.50 bits per heavy atom. The number of thioether (sulfide) groups is 1. The molecular weight excluding hydrogens is 144 g/mol. The van der Waals surface area contributed by atoms with E-state index in [1.54, 1.807) is 11.8 Å². The Labute approximate surface area is 66.9 Å². The predicted octanol–water partition coefficient (Wildman–Crippen LogP) is 2.27. The first-order valence-corrected chi connectivity index (χ1v) is 4.32. The molecular formula is C8H14OS. The average Bonchev–Trinajstić information content (AvgIpc) is 1.89. The highest BCUT2D eigenvalue weighted by atomic mass is 32.2. The summed E-state index contributed by atoms with van der Waals surface area (Å²) in [4.78, 5) is 10.4. The Kier molecular flexibility index (Phi) is 4.45. The second-order valence-corrected chi connectivity index (χ2v) is 4.28. The molecule has 0 fully saturated rings. The van der Waals surface area contributed by atoms with E-state index in [1.165, 1.54) is 0 Å². The van der Waals surface area contributed by atoms with Gasteiger partial charge in [-0.05, 0) is 20.8 Å². The second-order valence-electron chi connectivity index (χ2n) is 2.60. The molecule has 0 aromatic carbocycles. The van der Waals surface area contributed by atoms with Crippen LogP contribution in [-0.2, 0) is 4.79 Å². The monoisotopic (exact) mass is 158 g/mol. The van der Waals surface area contributed by atoms with Gasteiger partial charge in [-0.3, -0.25) is 0 Å². The van der Waals surface area contributed by atoms with Crippen LogP contribution in [0.3, 0.4) is 0 Å². The molecule has 0 atom stereocenters. The fraction of sp³-hybridized carbons (Fsp3) is 0.625. The van der Waals surface area contributed by atoms with Crippen molar-refractivity contribution in [2.75, 3.05) is 5.75 Å². The quantitative estimate of drug-likeness (QED) is 0.461. The maximum Gasteiger partial charge on any atom is 0.135 e. The van der Waals surface area contributed by atoms with Crippen molar-refractivity contribution >= 4 is 18.0 Å². The predicted molar refractivity (Wildman–Crippen MR) is 47.4 cm³/mol. The lowest BCUT2D eigenvalue weighted by atomic mass is 10.2. The summed E-state index contributed by atoms with van der Waals surface area (Å²) in [5, 5.41) is 0. The molecule has 58 valence electrons. The fourth-order valence-corrected chi connectivity index (χ4v) is 1.18. The number of hydrogen-bond acceptors (Lipinski definition) is 2. The van der Waals surface area contributed by atoms with Gasteiger partial charge in [0.25, 0.3) is 0 Å². The number of aldehydes is 1. The summed E-state index contributed by atoms with van der Waals surface area (Å²) < 4.78 is -0.223. The van der Waals surface area contributed by atoms with Crippen LogP contribution < -0.4 is 0 Å². The molecule has 0 unspecified atom stereocenters. The van der Waals surface area contributed by atoms with Crippen molar-refractivity contribution < 1.29 is 4.79 Å². The van der Waals surface area contributed by atoms with Crippen molar-refractivity contribution in [3.8, 4) is 0 Å². The van der Waals surface area contributed by atoms with Crippen LogP contribution in [0.1, 0.15) is 20.8 Å². The third-order valence-electron chi connectivity index (χ3n) is 1.07. The van der Waals surface area contributed by atoms with Gasteiger partial charge in [0.1, 0.15) is 6.29 Å². The van der Waals surface area contributed by atoms with Crippen LogP contribution in [0.2, 0.25) is 0 Å². The minimum Gasteiger partial charge on any atom is -0.302 e. The first kappa shape index (κ1) is 9.76. The van der Waals surface area contributed by atoms with Crippen molar-refractivity contribution in [3.05, 3.63) is 12.2 Å². The zero-order valence-electron chi connectivity index (χ0n) is 6.76. The van der Waals surface area contributed by atoms with E-state index in [1.807, 2.05) is 26.8 Å². The fourth-order valence-electron chi connectivity index (χ4n) is 0.393.